The number of aryl methyl sites for hydroxylation is 1. The molecular weight excluding hydrogens is 366 g/mol. The Kier molecular flexibility index (Phi) is 7.64. The maximum Gasteiger partial charge on any atom is 0.253 e. The Morgan fingerprint density at radius 1 is 1.07 bits per heavy atom. The van der Waals surface area contributed by atoms with Crippen LogP contribution in [0.4, 0.5) is 11.4 Å². The molecule has 2 N–H and O–H groups in total. The van der Waals surface area contributed by atoms with Gasteiger partial charge in [0.1, 0.15) is 0 Å². The summed E-state index contributed by atoms with van der Waals surface area (Å²) in [5.41, 5.74) is 3.27. The summed E-state index contributed by atoms with van der Waals surface area (Å²) in [6.07, 6.45) is 3.33. The van der Waals surface area contributed by atoms with Gasteiger partial charge in [-0.1, -0.05) is 30.3 Å². The zero-order valence-corrected chi connectivity index (χ0v) is 16.9. The van der Waals surface area contributed by atoms with Crippen molar-refractivity contribution in [3.8, 4) is 0 Å². The third-order valence-corrected chi connectivity index (χ3v) is 5.05. The molecule has 0 aliphatic carbocycles. The van der Waals surface area contributed by atoms with Gasteiger partial charge in [0, 0.05) is 44.5 Å². The molecule has 0 unspecified atom stereocenters. The van der Waals surface area contributed by atoms with Crippen LogP contribution in [0.2, 0.25) is 0 Å². The van der Waals surface area contributed by atoms with Crippen molar-refractivity contribution in [2.45, 2.75) is 25.7 Å². The minimum atomic E-state index is -0.149. The van der Waals surface area contributed by atoms with Crippen LogP contribution < -0.4 is 15.5 Å². The van der Waals surface area contributed by atoms with Crippen molar-refractivity contribution in [1.82, 2.24) is 5.32 Å². The first-order chi connectivity index (χ1) is 14.2. The molecule has 0 radical (unpaired) electrons. The van der Waals surface area contributed by atoms with E-state index in [4.69, 9.17) is 4.74 Å². The zero-order chi connectivity index (χ0) is 20.5. The van der Waals surface area contributed by atoms with Crippen LogP contribution in [0.25, 0.3) is 0 Å². The molecule has 1 fully saturated rings. The van der Waals surface area contributed by atoms with Crippen molar-refractivity contribution in [2.24, 2.45) is 0 Å². The molecular formula is C23H29N3O3. The van der Waals surface area contributed by atoms with Crippen molar-refractivity contribution in [2.75, 3.05) is 43.6 Å². The van der Waals surface area contributed by atoms with Gasteiger partial charge >= 0.3 is 0 Å². The van der Waals surface area contributed by atoms with Crippen LogP contribution >= 0.6 is 0 Å². The second kappa shape index (κ2) is 10.6. The van der Waals surface area contributed by atoms with Crippen molar-refractivity contribution in [3.05, 3.63) is 59.7 Å². The van der Waals surface area contributed by atoms with Crippen LogP contribution in [0.15, 0.2) is 48.5 Å². The van der Waals surface area contributed by atoms with Crippen LogP contribution in [0.5, 0.6) is 0 Å². The molecule has 2 aromatic carbocycles. The second-order valence-electron chi connectivity index (χ2n) is 7.21. The number of carbonyl (C=O) groups excluding carboxylic acids is 2. The van der Waals surface area contributed by atoms with Crippen LogP contribution in [-0.4, -0.2) is 45.2 Å². The molecule has 3 rings (SSSR count). The second-order valence-corrected chi connectivity index (χ2v) is 7.21. The number of hydrogen-bond acceptors (Lipinski definition) is 4. The van der Waals surface area contributed by atoms with E-state index in [1.807, 2.05) is 42.5 Å². The smallest absolute Gasteiger partial charge is 0.253 e. The van der Waals surface area contributed by atoms with Gasteiger partial charge in [0.05, 0.1) is 12.2 Å². The highest BCUT2D eigenvalue weighted by molar-refractivity contribution is 6.02. The average molecular weight is 396 g/mol. The fourth-order valence-corrected chi connectivity index (χ4v) is 3.52. The lowest BCUT2D eigenvalue weighted by Gasteiger charge is -2.22. The molecule has 29 heavy (non-hydrogen) atoms. The summed E-state index contributed by atoms with van der Waals surface area (Å²) in [4.78, 5) is 27.3. The van der Waals surface area contributed by atoms with Crippen molar-refractivity contribution in [1.29, 1.82) is 0 Å². The SMILES string of the molecule is COCCNC(=O)c1cc(NC(=O)CCc2ccccc2)ccc1N1CCCC1. The van der Waals surface area contributed by atoms with Gasteiger partial charge in [-0.2, -0.15) is 0 Å². The lowest BCUT2D eigenvalue weighted by Crippen LogP contribution is -2.30. The number of carbonyl (C=O) groups is 2. The van der Waals surface area contributed by atoms with E-state index < -0.39 is 0 Å². The van der Waals surface area contributed by atoms with Crippen LogP contribution in [-0.2, 0) is 16.0 Å². The molecule has 6 heteroatoms. The van der Waals surface area contributed by atoms with E-state index in [1.54, 1.807) is 13.2 Å². The van der Waals surface area contributed by atoms with Crippen molar-refractivity contribution in [3.63, 3.8) is 0 Å². The van der Waals surface area contributed by atoms with E-state index >= 15 is 0 Å². The first kappa shape index (κ1) is 20.9. The van der Waals surface area contributed by atoms with Gasteiger partial charge < -0.3 is 20.3 Å². The highest BCUT2D eigenvalue weighted by Gasteiger charge is 2.20. The molecule has 0 aromatic heterocycles. The minimum Gasteiger partial charge on any atom is -0.383 e. The number of rotatable bonds is 9. The standard InChI is InChI=1S/C23H29N3O3/c1-29-16-13-24-23(28)20-17-19(10-11-21(20)26-14-5-6-15-26)25-22(27)12-9-18-7-3-2-4-8-18/h2-4,7-8,10-11,17H,5-6,9,12-16H2,1H3,(H,24,28)(H,25,27). The summed E-state index contributed by atoms with van der Waals surface area (Å²) in [6, 6.07) is 15.5. The lowest BCUT2D eigenvalue weighted by molar-refractivity contribution is -0.116. The van der Waals surface area contributed by atoms with Crippen molar-refractivity contribution < 1.29 is 14.3 Å². The van der Waals surface area contributed by atoms with E-state index in [1.165, 1.54) is 0 Å². The number of nitrogens with one attached hydrogen (secondary N) is 2. The maximum absolute atomic E-state index is 12.7. The number of hydrogen-bond donors (Lipinski definition) is 2. The van der Waals surface area contributed by atoms with Gasteiger partial charge in [0.15, 0.2) is 0 Å². The van der Waals surface area contributed by atoms with Crippen LogP contribution in [0.1, 0.15) is 35.2 Å². The highest BCUT2D eigenvalue weighted by Crippen LogP contribution is 2.27. The predicted molar refractivity (Wildman–Crippen MR) is 115 cm³/mol. The van der Waals surface area contributed by atoms with Crippen LogP contribution in [0.3, 0.4) is 0 Å². The molecule has 1 heterocycles. The molecule has 154 valence electrons. The first-order valence-electron chi connectivity index (χ1n) is 10.2. The van der Waals surface area contributed by atoms with E-state index in [9.17, 15) is 9.59 Å². The number of anilines is 2. The topological polar surface area (TPSA) is 70.7 Å². The molecule has 0 atom stereocenters. The maximum atomic E-state index is 12.7. The van der Waals surface area contributed by atoms with Gasteiger partial charge in [0.25, 0.3) is 5.91 Å². The Bertz CT molecular complexity index is 817. The third-order valence-electron chi connectivity index (χ3n) is 5.05. The van der Waals surface area contributed by atoms with E-state index in [-0.39, 0.29) is 11.8 Å². The summed E-state index contributed by atoms with van der Waals surface area (Å²) >= 11 is 0. The number of benzene rings is 2. The lowest BCUT2D eigenvalue weighted by atomic mass is 10.1. The zero-order valence-electron chi connectivity index (χ0n) is 16.9. The highest BCUT2D eigenvalue weighted by atomic mass is 16.5. The fourth-order valence-electron chi connectivity index (χ4n) is 3.52. The van der Waals surface area contributed by atoms with Crippen LogP contribution in [0, 0.1) is 0 Å². The van der Waals surface area contributed by atoms with Crippen molar-refractivity contribution >= 4 is 23.2 Å². The van der Waals surface area contributed by atoms with E-state index in [0.717, 1.165) is 37.2 Å². The minimum absolute atomic E-state index is 0.0616. The summed E-state index contributed by atoms with van der Waals surface area (Å²) in [6.45, 7) is 2.80. The first-order valence-corrected chi connectivity index (χ1v) is 10.2. The molecule has 2 amide bonds. The Balaban J connectivity index is 1.68. The van der Waals surface area contributed by atoms with E-state index in [2.05, 4.69) is 15.5 Å². The molecule has 1 aliphatic rings. The fraction of sp³-hybridized carbons (Fsp3) is 0.391. The van der Waals surface area contributed by atoms with Gasteiger partial charge in [-0.05, 0) is 43.0 Å². The molecule has 1 saturated heterocycles. The molecule has 0 saturated carbocycles. The molecule has 0 bridgehead atoms. The summed E-state index contributed by atoms with van der Waals surface area (Å²) in [5.74, 6) is -0.210. The van der Waals surface area contributed by atoms with Gasteiger partial charge in [-0.3, -0.25) is 9.59 Å². The Morgan fingerprint density at radius 3 is 2.55 bits per heavy atom. The monoisotopic (exact) mass is 395 g/mol. The molecule has 2 aromatic rings. The summed E-state index contributed by atoms with van der Waals surface area (Å²) in [5, 5.41) is 5.82. The molecule has 6 nitrogen and oxygen atoms in total. The van der Waals surface area contributed by atoms with Gasteiger partial charge in [0.2, 0.25) is 5.91 Å². The quantitative estimate of drug-likeness (QED) is 0.640. The molecule has 1 aliphatic heterocycles. The van der Waals surface area contributed by atoms with E-state index in [0.29, 0.717) is 37.2 Å². The van der Waals surface area contributed by atoms with Gasteiger partial charge in [-0.15, -0.1) is 0 Å². The Morgan fingerprint density at radius 2 is 1.83 bits per heavy atom. The Hall–Kier alpha value is -2.86. The number of methoxy groups -OCH3 is 1. The Labute approximate surface area is 172 Å². The normalized spacial score (nSPS) is 13.3. The third kappa shape index (κ3) is 6.06. The number of amides is 2. The predicted octanol–water partition coefficient (Wildman–Crippen LogP) is 3.23. The van der Waals surface area contributed by atoms with Gasteiger partial charge in [-0.25, -0.2) is 0 Å². The largest absolute Gasteiger partial charge is 0.383 e. The molecule has 0 spiro atoms. The average Bonchev–Trinajstić information content (AvgIpc) is 3.28. The summed E-state index contributed by atoms with van der Waals surface area (Å²) in [7, 11) is 1.60. The number of nitrogens with zero attached hydrogens (tertiary/aromatic N) is 1. The summed E-state index contributed by atoms with van der Waals surface area (Å²) < 4.78 is 5.02. The number of ether oxygens (including phenoxy) is 1.